The summed E-state index contributed by atoms with van der Waals surface area (Å²) in [5, 5.41) is 9.00. The van der Waals surface area contributed by atoms with E-state index in [2.05, 4.69) is 0 Å². The molecule has 6 nitrogen and oxygen atoms in total. The maximum Gasteiger partial charge on any atom is 0.304 e. The number of carboxylic acids is 1. The van der Waals surface area contributed by atoms with Gasteiger partial charge in [0.25, 0.3) is 0 Å². The fourth-order valence-corrected chi connectivity index (χ4v) is 4.00. The van der Waals surface area contributed by atoms with E-state index in [0.717, 1.165) is 4.31 Å². The van der Waals surface area contributed by atoms with E-state index in [1.807, 2.05) is 0 Å². The SMILES string of the molecule is CCN(C(C)CC(=O)O)S(=O)(=O)c1ccc(OC)c(Cl)c1. The first-order valence-electron chi connectivity index (χ1n) is 6.31. The Morgan fingerprint density at radius 2 is 2.10 bits per heavy atom. The van der Waals surface area contributed by atoms with Crippen molar-refractivity contribution in [2.45, 2.75) is 31.2 Å². The van der Waals surface area contributed by atoms with E-state index in [1.165, 1.54) is 25.3 Å². The fourth-order valence-electron chi connectivity index (χ4n) is 2.02. The van der Waals surface area contributed by atoms with Crippen molar-refractivity contribution in [1.82, 2.24) is 4.31 Å². The van der Waals surface area contributed by atoms with Gasteiger partial charge in [0.15, 0.2) is 0 Å². The molecule has 0 aromatic heterocycles. The lowest BCUT2D eigenvalue weighted by atomic mass is 10.2. The zero-order chi connectivity index (χ0) is 16.2. The van der Waals surface area contributed by atoms with E-state index < -0.39 is 22.0 Å². The van der Waals surface area contributed by atoms with Crippen LogP contribution < -0.4 is 4.74 Å². The molecular weight excluding hydrogens is 318 g/mol. The van der Waals surface area contributed by atoms with Gasteiger partial charge in [-0.05, 0) is 25.1 Å². The van der Waals surface area contributed by atoms with Crippen LogP contribution in [0.4, 0.5) is 0 Å². The van der Waals surface area contributed by atoms with Crippen LogP contribution in [-0.2, 0) is 14.8 Å². The molecule has 118 valence electrons. The molecule has 1 rings (SSSR count). The smallest absolute Gasteiger partial charge is 0.304 e. The summed E-state index contributed by atoms with van der Waals surface area (Å²) >= 11 is 5.95. The van der Waals surface area contributed by atoms with E-state index in [-0.39, 0.29) is 22.9 Å². The number of benzene rings is 1. The molecule has 0 amide bonds. The molecule has 1 aromatic rings. The standard InChI is InChI=1S/C13H18ClNO5S/c1-4-15(9(2)7-13(16)17)21(18,19)10-5-6-12(20-3)11(14)8-10/h5-6,8-9H,4,7H2,1-3H3,(H,16,17). The Hall–Kier alpha value is -1.31. The Kier molecular flexibility index (Phi) is 6.00. The average molecular weight is 336 g/mol. The van der Waals surface area contributed by atoms with E-state index in [0.29, 0.717) is 5.75 Å². The topological polar surface area (TPSA) is 83.9 Å². The van der Waals surface area contributed by atoms with Gasteiger partial charge in [0.2, 0.25) is 10.0 Å². The number of hydrogen-bond donors (Lipinski definition) is 1. The first kappa shape index (κ1) is 17.7. The largest absolute Gasteiger partial charge is 0.495 e. The van der Waals surface area contributed by atoms with Gasteiger partial charge in [0.1, 0.15) is 5.75 Å². The van der Waals surface area contributed by atoms with Crippen LogP contribution in [0.3, 0.4) is 0 Å². The van der Waals surface area contributed by atoms with Crippen LogP contribution in [0.25, 0.3) is 0 Å². The molecule has 0 saturated heterocycles. The lowest BCUT2D eigenvalue weighted by molar-refractivity contribution is -0.137. The summed E-state index contributed by atoms with van der Waals surface area (Å²) in [5.41, 5.74) is 0. The molecule has 1 aromatic carbocycles. The van der Waals surface area contributed by atoms with Gasteiger partial charge in [-0.1, -0.05) is 18.5 Å². The zero-order valence-electron chi connectivity index (χ0n) is 12.0. The van der Waals surface area contributed by atoms with Crippen LogP contribution in [0.15, 0.2) is 23.1 Å². The van der Waals surface area contributed by atoms with E-state index >= 15 is 0 Å². The number of hydrogen-bond acceptors (Lipinski definition) is 4. The third-order valence-electron chi connectivity index (χ3n) is 3.00. The summed E-state index contributed by atoms with van der Waals surface area (Å²) in [7, 11) is -2.38. The predicted molar refractivity (Wildman–Crippen MR) is 79.3 cm³/mol. The maximum atomic E-state index is 12.6. The Balaban J connectivity index is 3.18. The second-order valence-corrected chi connectivity index (χ2v) is 6.75. The Morgan fingerprint density at radius 3 is 2.52 bits per heavy atom. The average Bonchev–Trinajstić information content (AvgIpc) is 2.38. The van der Waals surface area contributed by atoms with Gasteiger partial charge in [-0.3, -0.25) is 4.79 Å². The molecule has 0 aliphatic rings. The quantitative estimate of drug-likeness (QED) is 0.826. The summed E-state index contributed by atoms with van der Waals surface area (Å²) in [6, 6.07) is 3.49. The van der Waals surface area contributed by atoms with Crippen molar-refractivity contribution in [3.8, 4) is 5.75 Å². The second kappa shape index (κ2) is 7.11. The fraction of sp³-hybridized carbons (Fsp3) is 0.462. The van der Waals surface area contributed by atoms with Crippen LogP contribution in [-0.4, -0.2) is 43.5 Å². The minimum absolute atomic E-state index is 0.00684. The number of rotatable bonds is 7. The molecule has 0 saturated carbocycles. The summed E-state index contributed by atoms with van der Waals surface area (Å²) in [6.07, 6.45) is -0.267. The number of methoxy groups -OCH3 is 1. The van der Waals surface area contributed by atoms with Crippen molar-refractivity contribution in [2.75, 3.05) is 13.7 Å². The number of nitrogens with zero attached hydrogens (tertiary/aromatic N) is 1. The van der Waals surface area contributed by atoms with Crippen molar-refractivity contribution in [3.63, 3.8) is 0 Å². The number of aliphatic carboxylic acids is 1. The van der Waals surface area contributed by atoms with E-state index in [1.54, 1.807) is 13.8 Å². The molecule has 21 heavy (non-hydrogen) atoms. The highest BCUT2D eigenvalue weighted by atomic mass is 35.5. The minimum atomic E-state index is -3.81. The van der Waals surface area contributed by atoms with Gasteiger partial charge >= 0.3 is 5.97 Å². The molecule has 0 fully saturated rings. The molecule has 1 N–H and O–H groups in total. The summed E-state index contributed by atoms with van der Waals surface area (Å²) in [5.74, 6) is -0.679. The van der Waals surface area contributed by atoms with E-state index in [9.17, 15) is 13.2 Å². The number of sulfonamides is 1. The predicted octanol–water partition coefficient (Wildman–Crippen LogP) is 2.22. The van der Waals surface area contributed by atoms with Gasteiger partial charge in [0.05, 0.1) is 23.4 Å². The Labute approximate surface area is 129 Å². The Morgan fingerprint density at radius 1 is 1.48 bits per heavy atom. The second-order valence-electron chi connectivity index (χ2n) is 4.45. The normalized spacial score (nSPS) is 13.2. The van der Waals surface area contributed by atoms with Gasteiger partial charge in [-0.15, -0.1) is 0 Å². The highest BCUT2D eigenvalue weighted by Crippen LogP contribution is 2.29. The zero-order valence-corrected chi connectivity index (χ0v) is 13.6. The number of ether oxygens (including phenoxy) is 1. The molecule has 1 unspecified atom stereocenters. The molecule has 0 radical (unpaired) electrons. The number of carboxylic acid groups (broad SMARTS) is 1. The molecule has 0 aliphatic carbocycles. The molecule has 0 bridgehead atoms. The van der Waals surface area contributed by atoms with Crippen LogP contribution in [0.2, 0.25) is 5.02 Å². The molecule has 0 heterocycles. The van der Waals surface area contributed by atoms with Crippen molar-refractivity contribution in [3.05, 3.63) is 23.2 Å². The third-order valence-corrected chi connectivity index (χ3v) is 5.38. The Bertz CT molecular complexity index is 617. The molecule has 0 aliphatic heterocycles. The molecular formula is C13H18ClNO5S. The van der Waals surface area contributed by atoms with Crippen LogP contribution in [0.1, 0.15) is 20.3 Å². The molecule has 8 heteroatoms. The first-order chi connectivity index (χ1) is 9.73. The van der Waals surface area contributed by atoms with Crippen molar-refractivity contribution in [2.24, 2.45) is 0 Å². The van der Waals surface area contributed by atoms with Gasteiger partial charge in [0, 0.05) is 12.6 Å². The number of carbonyl (C=O) groups is 1. The third kappa shape index (κ3) is 4.09. The van der Waals surface area contributed by atoms with Crippen molar-refractivity contribution in [1.29, 1.82) is 0 Å². The minimum Gasteiger partial charge on any atom is -0.495 e. The molecule has 1 atom stereocenters. The summed E-state index contributed by atoms with van der Waals surface area (Å²) < 4.78 is 31.3. The lowest BCUT2D eigenvalue weighted by Crippen LogP contribution is -2.39. The summed E-state index contributed by atoms with van der Waals surface area (Å²) in [6.45, 7) is 3.38. The van der Waals surface area contributed by atoms with Crippen LogP contribution >= 0.6 is 11.6 Å². The lowest BCUT2D eigenvalue weighted by Gasteiger charge is -2.26. The first-order valence-corrected chi connectivity index (χ1v) is 8.13. The summed E-state index contributed by atoms with van der Waals surface area (Å²) in [4.78, 5) is 10.8. The van der Waals surface area contributed by atoms with E-state index in [4.69, 9.17) is 21.4 Å². The van der Waals surface area contributed by atoms with Crippen LogP contribution in [0, 0.1) is 0 Å². The van der Waals surface area contributed by atoms with Gasteiger partial charge in [-0.25, -0.2) is 8.42 Å². The van der Waals surface area contributed by atoms with Crippen LogP contribution in [0.5, 0.6) is 5.75 Å². The number of halogens is 1. The highest BCUT2D eigenvalue weighted by Gasteiger charge is 2.29. The maximum absolute atomic E-state index is 12.6. The highest BCUT2D eigenvalue weighted by molar-refractivity contribution is 7.89. The monoisotopic (exact) mass is 335 g/mol. The van der Waals surface area contributed by atoms with Gasteiger partial charge < -0.3 is 9.84 Å². The van der Waals surface area contributed by atoms with Crippen molar-refractivity contribution < 1.29 is 23.1 Å². The van der Waals surface area contributed by atoms with Crippen molar-refractivity contribution >= 4 is 27.6 Å². The van der Waals surface area contributed by atoms with Gasteiger partial charge in [-0.2, -0.15) is 4.31 Å². The molecule has 0 spiro atoms.